The van der Waals surface area contributed by atoms with Crippen molar-refractivity contribution < 1.29 is 14.7 Å². The van der Waals surface area contributed by atoms with Crippen molar-refractivity contribution in [1.82, 2.24) is 0 Å². The summed E-state index contributed by atoms with van der Waals surface area (Å²) < 4.78 is 0. The van der Waals surface area contributed by atoms with Crippen LogP contribution in [0.3, 0.4) is 0 Å². The van der Waals surface area contributed by atoms with E-state index in [2.05, 4.69) is 41.5 Å². The Bertz CT molecular complexity index is 992. The Labute approximate surface area is 186 Å². The number of hydrogen-bond donors (Lipinski definition) is 1. The lowest BCUT2D eigenvalue weighted by Gasteiger charge is -2.28. The van der Waals surface area contributed by atoms with Crippen molar-refractivity contribution >= 4 is 11.6 Å². The fourth-order valence-electron chi connectivity index (χ4n) is 4.44. The first-order valence-electron chi connectivity index (χ1n) is 11.4. The molecule has 3 nitrogen and oxygen atoms in total. The number of hydrogen-bond acceptors (Lipinski definition) is 3. The third-order valence-corrected chi connectivity index (χ3v) is 6.79. The van der Waals surface area contributed by atoms with Gasteiger partial charge in [0.15, 0.2) is 11.6 Å². The molecule has 0 saturated heterocycles. The first kappa shape index (κ1) is 23.4. The fraction of sp³-hybridized carbons (Fsp3) is 0.500. The lowest BCUT2D eigenvalue weighted by atomic mass is 9.75. The predicted octanol–water partition coefficient (Wildman–Crippen LogP) is 6.23. The minimum absolute atomic E-state index is 0.0562. The quantitative estimate of drug-likeness (QED) is 0.493. The molecule has 0 heterocycles. The molecule has 0 aromatic heterocycles. The zero-order chi connectivity index (χ0) is 23.0. The molecule has 1 aliphatic carbocycles. The highest BCUT2D eigenvalue weighted by Crippen LogP contribution is 2.36. The Morgan fingerprint density at radius 1 is 0.774 bits per heavy atom. The maximum Gasteiger partial charge on any atom is 0.194 e. The van der Waals surface area contributed by atoms with Crippen molar-refractivity contribution in [2.75, 3.05) is 6.61 Å². The van der Waals surface area contributed by atoms with E-state index in [1.807, 2.05) is 36.4 Å². The van der Waals surface area contributed by atoms with Gasteiger partial charge in [-0.15, -0.1) is 0 Å². The maximum absolute atomic E-state index is 13.3. The van der Waals surface area contributed by atoms with Crippen molar-refractivity contribution in [3.63, 3.8) is 0 Å². The van der Waals surface area contributed by atoms with Gasteiger partial charge in [-0.1, -0.05) is 66.5 Å². The number of aliphatic hydroxyl groups is 1. The molecule has 3 rings (SSSR count). The van der Waals surface area contributed by atoms with E-state index < -0.39 is 0 Å². The number of carbonyl (C=O) groups excluding carboxylic acids is 2. The molecule has 0 aliphatic heterocycles. The van der Waals surface area contributed by atoms with Crippen LogP contribution in [0.15, 0.2) is 36.4 Å². The van der Waals surface area contributed by atoms with Crippen LogP contribution in [0.5, 0.6) is 0 Å². The van der Waals surface area contributed by atoms with Gasteiger partial charge in [0, 0.05) is 28.9 Å². The Morgan fingerprint density at radius 2 is 1.29 bits per heavy atom. The maximum atomic E-state index is 13.3. The van der Waals surface area contributed by atoms with Gasteiger partial charge in [-0.05, 0) is 65.0 Å². The molecular formula is C28H36O3. The lowest BCUT2D eigenvalue weighted by Crippen LogP contribution is -2.24. The average molecular weight is 421 g/mol. The number of benzene rings is 2. The molecule has 1 aliphatic rings. The van der Waals surface area contributed by atoms with E-state index in [9.17, 15) is 9.59 Å². The second-order valence-corrected chi connectivity index (χ2v) is 10.8. The molecule has 2 aromatic rings. The third-order valence-electron chi connectivity index (χ3n) is 6.79. The highest BCUT2D eigenvalue weighted by Gasteiger charge is 2.32. The molecule has 0 bridgehead atoms. The van der Waals surface area contributed by atoms with Crippen LogP contribution < -0.4 is 0 Å². The Morgan fingerprint density at radius 3 is 1.81 bits per heavy atom. The molecule has 0 amide bonds. The summed E-state index contributed by atoms with van der Waals surface area (Å²) in [5.74, 6) is 0.398. The summed E-state index contributed by atoms with van der Waals surface area (Å²) in [4.78, 5) is 26.5. The van der Waals surface area contributed by atoms with E-state index >= 15 is 0 Å². The van der Waals surface area contributed by atoms with Gasteiger partial charge in [-0.2, -0.15) is 0 Å². The normalized spacial score (nSPS) is 14.9. The summed E-state index contributed by atoms with van der Waals surface area (Å²) in [5.41, 5.74) is 4.06. The Balaban J connectivity index is 1.88. The number of fused-ring (bicyclic) bond motifs is 2. The van der Waals surface area contributed by atoms with Gasteiger partial charge in [0.2, 0.25) is 0 Å². The van der Waals surface area contributed by atoms with E-state index in [0.717, 1.165) is 36.8 Å². The first-order chi connectivity index (χ1) is 14.5. The minimum atomic E-state index is -0.0896. The molecular weight excluding hydrogens is 384 g/mol. The highest BCUT2D eigenvalue weighted by atomic mass is 16.3. The number of aliphatic hydroxyl groups excluding tert-OH is 1. The predicted molar refractivity (Wildman–Crippen MR) is 126 cm³/mol. The van der Waals surface area contributed by atoms with Crippen LogP contribution in [0.25, 0.3) is 0 Å². The molecule has 3 heteroatoms. The van der Waals surface area contributed by atoms with Gasteiger partial charge in [-0.25, -0.2) is 0 Å². The molecule has 2 aromatic carbocycles. The molecule has 1 N–H and O–H groups in total. The molecule has 0 saturated carbocycles. The summed E-state index contributed by atoms with van der Waals surface area (Å²) >= 11 is 0. The lowest BCUT2D eigenvalue weighted by molar-refractivity contribution is 0.0978. The van der Waals surface area contributed by atoms with Crippen LogP contribution in [0.2, 0.25) is 0 Å². The van der Waals surface area contributed by atoms with Crippen molar-refractivity contribution in [3.8, 4) is 0 Å². The molecule has 1 atom stereocenters. The van der Waals surface area contributed by atoms with Crippen molar-refractivity contribution in [2.24, 2.45) is 5.92 Å². The molecule has 0 fully saturated rings. The van der Waals surface area contributed by atoms with Crippen LogP contribution in [0.1, 0.15) is 110 Å². The monoisotopic (exact) mass is 420 g/mol. The molecule has 1 unspecified atom stereocenters. The summed E-state index contributed by atoms with van der Waals surface area (Å²) in [6.07, 6.45) is 3.98. The zero-order valence-corrected chi connectivity index (χ0v) is 19.8. The summed E-state index contributed by atoms with van der Waals surface area (Å²) in [6, 6.07) is 11.5. The molecule has 0 radical (unpaired) electrons. The third kappa shape index (κ3) is 4.82. The second kappa shape index (κ2) is 8.70. The van der Waals surface area contributed by atoms with E-state index in [-0.39, 0.29) is 29.0 Å². The van der Waals surface area contributed by atoms with Crippen LogP contribution in [0, 0.1) is 5.92 Å². The Kier molecular flexibility index (Phi) is 6.57. The number of rotatable bonds is 7. The van der Waals surface area contributed by atoms with Gasteiger partial charge >= 0.3 is 0 Å². The smallest absolute Gasteiger partial charge is 0.194 e. The average Bonchev–Trinajstić information content (AvgIpc) is 2.70. The standard InChI is InChI=1S/C28H36O3/c1-18(13-15-29)8-7-14-28(5,6)20-10-12-22-24(17-20)26(31)21-11-9-19(27(2,3)4)16-23(21)25(22)30/h9-12,16-18,29H,7-8,13-15H2,1-6H3. The van der Waals surface area contributed by atoms with Gasteiger partial charge in [0.05, 0.1) is 0 Å². The van der Waals surface area contributed by atoms with Crippen LogP contribution in [-0.4, -0.2) is 23.3 Å². The second-order valence-electron chi connectivity index (χ2n) is 10.8. The number of carbonyl (C=O) groups is 2. The van der Waals surface area contributed by atoms with Crippen molar-refractivity contribution in [3.05, 3.63) is 69.8 Å². The van der Waals surface area contributed by atoms with E-state index in [0.29, 0.717) is 28.2 Å². The number of ketones is 2. The topological polar surface area (TPSA) is 54.4 Å². The first-order valence-corrected chi connectivity index (χ1v) is 11.4. The van der Waals surface area contributed by atoms with Gasteiger partial charge in [0.25, 0.3) is 0 Å². The molecule has 0 spiro atoms. The van der Waals surface area contributed by atoms with Crippen molar-refractivity contribution in [1.29, 1.82) is 0 Å². The fourth-order valence-corrected chi connectivity index (χ4v) is 4.44. The van der Waals surface area contributed by atoms with Crippen LogP contribution >= 0.6 is 0 Å². The van der Waals surface area contributed by atoms with E-state index in [1.54, 1.807) is 0 Å². The van der Waals surface area contributed by atoms with Crippen molar-refractivity contribution in [2.45, 2.75) is 78.1 Å². The van der Waals surface area contributed by atoms with Gasteiger partial charge in [0.1, 0.15) is 0 Å². The molecule has 166 valence electrons. The largest absolute Gasteiger partial charge is 0.396 e. The van der Waals surface area contributed by atoms with E-state index in [1.165, 1.54) is 0 Å². The molecule has 31 heavy (non-hydrogen) atoms. The summed E-state index contributed by atoms with van der Waals surface area (Å²) in [7, 11) is 0. The van der Waals surface area contributed by atoms with Gasteiger partial charge in [-0.3, -0.25) is 9.59 Å². The van der Waals surface area contributed by atoms with E-state index in [4.69, 9.17) is 5.11 Å². The minimum Gasteiger partial charge on any atom is -0.396 e. The zero-order valence-electron chi connectivity index (χ0n) is 19.8. The Hall–Kier alpha value is -2.26. The summed E-state index contributed by atoms with van der Waals surface area (Å²) in [6.45, 7) is 13.1. The van der Waals surface area contributed by atoms with Crippen LogP contribution in [-0.2, 0) is 10.8 Å². The highest BCUT2D eigenvalue weighted by molar-refractivity contribution is 6.28. The SMILES string of the molecule is CC(CCO)CCCC(C)(C)c1ccc2c(c1)C(=O)c1ccc(C(C)(C)C)cc1C2=O. The van der Waals surface area contributed by atoms with Gasteiger partial charge < -0.3 is 5.11 Å². The summed E-state index contributed by atoms with van der Waals surface area (Å²) in [5, 5.41) is 9.10. The van der Waals surface area contributed by atoms with Crippen LogP contribution in [0.4, 0.5) is 0 Å².